The van der Waals surface area contributed by atoms with Crippen molar-refractivity contribution in [2.45, 2.75) is 33.6 Å². The molecule has 0 bridgehead atoms. The van der Waals surface area contributed by atoms with Crippen molar-refractivity contribution in [1.29, 1.82) is 0 Å². The number of rotatable bonds is 10. The number of aromatic nitrogens is 2. The SMILES string of the molecule is C=C(OCNc1ccc(F)c(CCc2cnc3c(c2)=NCC(C(C)C)C=3)c1C)c1cc(F)cnc1OC.[HH]. The van der Waals surface area contributed by atoms with Crippen molar-refractivity contribution in [3.05, 3.63) is 87.8 Å². The molecule has 0 aliphatic carbocycles. The highest BCUT2D eigenvalue weighted by Crippen LogP contribution is 2.26. The normalized spacial score (nSPS) is 14.4. The lowest BCUT2D eigenvalue weighted by atomic mass is 9.94. The quantitative estimate of drug-likeness (QED) is 0.313. The Hall–Kier alpha value is -3.81. The van der Waals surface area contributed by atoms with Crippen LogP contribution in [0.15, 0.2) is 48.2 Å². The van der Waals surface area contributed by atoms with Gasteiger partial charge in [-0.05, 0) is 66.6 Å². The molecule has 0 fully saturated rings. The van der Waals surface area contributed by atoms with Gasteiger partial charge in [-0.25, -0.2) is 13.8 Å². The fourth-order valence-corrected chi connectivity index (χ4v) is 4.32. The number of aryl methyl sites for hydroxylation is 1. The third-order valence-corrected chi connectivity index (χ3v) is 6.68. The first-order chi connectivity index (χ1) is 17.8. The maximum absolute atomic E-state index is 14.7. The molecule has 8 heteroatoms. The number of nitrogens with zero attached hydrogens (tertiary/aromatic N) is 3. The summed E-state index contributed by atoms with van der Waals surface area (Å²) in [5, 5.41) is 4.98. The summed E-state index contributed by atoms with van der Waals surface area (Å²) in [5.74, 6) is 0.578. The maximum Gasteiger partial charge on any atom is 0.224 e. The van der Waals surface area contributed by atoms with Gasteiger partial charge >= 0.3 is 0 Å². The highest BCUT2D eigenvalue weighted by atomic mass is 19.1. The monoisotopic (exact) mass is 508 g/mol. The van der Waals surface area contributed by atoms with Crippen molar-refractivity contribution >= 4 is 17.5 Å². The van der Waals surface area contributed by atoms with Gasteiger partial charge in [0.2, 0.25) is 5.88 Å². The summed E-state index contributed by atoms with van der Waals surface area (Å²) in [6, 6.07) is 6.42. The number of ether oxygens (including phenoxy) is 2. The summed E-state index contributed by atoms with van der Waals surface area (Å²) in [5.41, 5.74) is 3.50. The first-order valence-electron chi connectivity index (χ1n) is 12.3. The summed E-state index contributed by atoms with van der Waals surface area (Å²) in [7, 11) is 1.44. The second-order valence-electron chi connectivity index (χ2n) is 9.46. The van der Waals surface area contributed by atoms with Crippen LogP contribution in [-0.4, -0.2) is 30.4 Å². The summed E-state index contributed by atoms with van der Waals surface area (Å²) in [4.78, 5) is 13.2. The Balaban J connectivity index is 0.00000400. The van der Waals surface area contributed by atoms with Gasteiger partial charge in [0.15, 0.2) is 6.73 Å². The van der Waals surface area contributed by atoms with Gasteiger partial charge in [0.25, 0.3) is 0 Å². The lowest BCUT2D eigenvalue weighted by molar-refractivity contribution is 0.301. The molecule has 1 aliphatic rings. The zero-order chi connectivity index (χ0) is 26.5. The van der Waals surface area contributed by atoms with Crippen molar-refractivity contribution in [1.82, 2.24) is 9.97 Å². The van der Waals surface area contributed by atoms with E-state index < -0.39 is 5.82 Å². The van der Waals surface area contributed by atoms with Crippen LogP contribution in [0.25, 0.3) is 11.8 Å². The van der Waals surface area contributed by atoms with Gasteiger partial charge in [0.05, 0.1) is 29.6 Å². The van der Waals surface area contributed by atoms with Crippen LogP contribution < -0.4 is 20.8 Å². The molecule has 3 aromatic rings. The Bertz CT molecular complexity index is 1430. The average Bonchev–Trinajstić information content (AvgIpc) is 2.89. The van der Waals surface area contributed by atoms with Crippen molar-refractivity contribution in [3.63, 3.8) is 0 Å². The number of fused-ring (bicyclic) bond motifs is 1. The largest absolute Gasteiger partial charge is 0.480 e. The Labute approximate surface area is 217 Å². The second kappa shape index (κ2) is 11.5. The minimum atomic E-state index is -0.520. The number of nitrogens with one attached hydrogen (secondary N) is 1. The maximum atomic E-state index is 14.7. The topological polar surface area (TPSA) is 68.6 Å². The molecule has 0 radical (unpaired) electrons. The minimum absolute atomic E-state index is 0. The van der Waals surface area contributed by atoms with Crippen LogP contribution >= 0.6 is 0 Å². The highest BCUT2D eigenvalue weighted by molar-refractivity contribution is 5.62. The van der Waals surface area contributed by atoms with E-state index in [1.54, 1.807) is 6.07 Å². The van der Waals surface area contributed by atoms with E-state index in [1.165, 1.54) is 19.2 Å². The molecule has 1 unspecified atom stereocenters. The lowest BCUT2D eigenvalue weighted by Gasteiger charge is -2.17. The van der Waals surface area contributed by atoms with E-state index in [0.717, 1.165) is 40.3 Å². The molecule has 2 aromatic heterocycles. The number of pyridine rings is 2. The lowest BCUT2D eigenvalue weighted by Crippen LogP contribution is -2.35. The summed E-state index contributed by atoms with van der Waals surface area (Å²) < 4.78 is 39.2. The van der Waals surface area contributed by atoms with Gasteiger partial charge in [-0.2, -0.15) is 0 Å². The van der Waals surface area contributed by atoms with E-state index in [9.17, 15) is 8.78 Å². The number of halogens is 2. The van der Waals surface area contributed by atoms with Gasteiger partial charge in [0.1, 0.15) is 17.4 Å². The fraction of sp³-hybridized carbons (Fsp3) is 0.345. The average molecular weight is 509 g/mol. The molecule has 1 N–H and O–H groups in total. The van der Waals surface area contributed by atoms with Crippen LogP contribution in [0, 0.1) is 30.4 Å². The molecule has 1 aromatic carbocycles. The van der Waals surface area contributed by atoms with Crippen molar-refractivity contribution in [2.75, 3.05) is 25.7 Å². The molecule has 4 rings (SSSR count). The molecule has 0 amide bonds. The Kier molecular flexibility index (Phi) is 8.16. The van der Waals surface area contributed by atoms with E-state index in [-0.39, 0.29) is 25.6 Å². The molecule has 0 saturated heterocycles. The smallest absolute Gasteiger partial charge is 0.224 e. The summed E-state index contributed by atoms with van der Waals surface area (Å²) in [6.45, 7) is 10.9. The molecule has 1 atom stereocenters. The molecule has 3 heterocycles. The van der Waals surface area contributed by atoms with Crippen LogP contribution in [-0.2, 0) is 17.6 Å². The van der Waals surface area contributed by atoms with Crippen LogP contribution in [0.4, 0.5) is 14.5 Å². The number of anilines is 1. The molecule has 6 nitrogen and oxygen atoms in total. The fourth-order valence-electron chi connectivity index (χ4n) is 4.32. The van der Waals surface area contributed by atoms with Gasteiger partial charge in [0, 0.05) is 25.8 Å². The third-order valence-electron chi connectivity index (χ3n) is 6.68. The summed E-state index contributed by atoms with van der Waals surface area (Å²) in [6.07, 6.45) is 6.29. The number of methoxy groups -OCH3 is 1. The molecular formula is C29H34F2N4O2. The second-order valence-corrected chi connectivity index (χ2v) is 9.46. The summed E-state index contributed by atoms with van der Waals surface area (Å²) >= 11 is 0. The zero-order valence-corrected chi connectivity index (χ0v) is 21.6. The van der Waals surface area contributed by atoms with Crippen LogP contribution in [0.1, 0.15) is 37.5 Å². The van der Waals surface area contributed by atoms with Gasteiger partial charge in [-0.15, -0.1) is 0 Å². The van der Waals surface area contributed by atoms with Gasteiger partial charge < -0.3 is 14.8 Å². The number of hydrogen-bond acceptors (Lipinski definition) is 6. The standard InChI is InChI=1S/C29H32F2N4O2.H2/c1-17(2)21-11-28-27(33-14-21)10-20(13-32-28)6-7-23-18(3)26(9-8-25(23)31)35-16-37-19(4)24-12-22(30)15-34-29(24)36-5;/h8-13,15,17,21,35H,4,6-7,14,16H2,1-3,5H3;1H. The van der Waals surface area contributed by atoms with E-state index in [4.69, 9.17) is 14.5 Å². The number of hydrogen-bond donors (Lipinski definition) is 1. The first kappa shape index (κ1) is 26.3. The zero-order valence-electron chi connectivity index (χ0n) is 21.6. The predicted molar refractivity (Wildman–Crippen MR) is 143 cm³/mol. The first-order valence-corrected chi connectivity index (χ1v) is 12.3. The Morgan fingerprint density at radius 3 is 2.76 bits per heavy atom. The minimum Gasteiger partial charge on any atom is -0.480 e. The molecule has 37 heavy (non-hydrogen) atoms. The van der Waals surface area contributed by atoms with Crippen LogP contribution in [0.2, 0.25) is 0 Å². The predicted octanol–water partition coefficient (Wildman–Crippen LogP) is 4.85. The van der Waals surface area contributed by atoms with Crippen molar-refractivity contribution in [3.8, 4) is 5.88 Å². The molecule has 0 saturated carbocycles. The van der Waals surface area contributed by atoms with E-state index in [0.29, 0.717) is 35.8 Å². The van der Waals surface area contributed by atoms with E-state index >= 15 is 0 Å². The number of benzene rings is 1. The molecule has 1 aliphatic heterocycles. The van der Waals surface area contributed by atoms with Gasteiger partial charge in [-0.3, -0.25) is 9.98 Å². The molecule has 0 spiro atoms. The Morgan fingerprint density at radius 1 is 1.19 bits per heavy atom. The van der Waals surface area contributed by atoms with Crippen molar-refractivity contribution in [2.24, 2.45) is 16.8 Å². The molecular weight excluding hydrogens is 474 g/mol. The van der Waals surface area contributed by atoms with Crippen molar-refractivity contribution < 1.29 is 19.7 Å². The highest BCUT2D eigenvalue weighted by Gasteiger charge is 2.15. The van der Waals surface area contributed by atoms with Crippen LogP contribution in [0.5, 0.6) is 5.88 Å². The molecule has 196 valence electrons. The van der Waals surface area contributed by atoms with Crippen LogP contribution in [0.3, 0.4) is 0 Å². The van der Waals surface area contributed by atoms with E-state index in [2.05, 4.69) is 47.9 Å². The Morgan fingerprint density at radius 2 is 2.00 bits per heavy atom. The third kappa shape index (κ3) is 6.13. The van der Waals surface area contributed by atoms with Gasteiger partial charge in [-0.1, -0.05) is 26.5 Å². The van der Waals surface area contributed by atoms with E-state index in [1.807, 2.05) is 13.1 Å².